The van der Waals surface area contributed by atoms with Gasteiger partial charge in [-0.3, -0.25) is 19.5 Å². The highest BCUT2D eigenvalue weighted by molar-refractivity contribution is 5.80. The van der Waals surface area contributed by atoms with Crippen LogP contribution in [0.1, 0.15) is 12.0 Å². The van der Waals surface area contributed by atoms with Gasteiger partial charge in [-0.1, -0.05) is 24.3 Å². The first-order valence-electron chi connectivity index (χ1n) is 10.4. The summed E-state index contributed by atoms with van der Waals surface area (Å²) in [6.45, 7) is 3.85. The highest BCUT2D eigenvalue weighted by atomic mass is 16.5. The van der Waals surface area contributed by atoms with Crippen molar-refractivity contribution in [2.75, 3.05) is 38.3 Å². The van der Waals surface area contributed by atoms with E-state index >= 15 is 0 Å². The average molecular weight is 422 g/mol. The van der Waals surface area contributed by atoms with Crippen molar-refractivity contribution in [3.05, 3.63) is 74.8 Å². The van der Waals surface area contributed by atoms with Gasteiger partial charge in [0.2, 0.25) is 5.91 Å². The first kappa shape index (κ1) is 20.9. The number of amides is 1. The minimum atomic E-state index is -0.337. The summed E-state index contributed by atoms with van der Waals surface area (Å²) in [4.78, 5) is 41.3. The highest BCUT2D eigenvalue weighted by Gasteiger charge is 2.14. The zero-order valence-electron chi connectivity index (χ0n) is 17.5. The van der Waals surface area contributed by atoms with Crippen molar-refractivity contribution < 1.29 is 9.53 Å². The fourth-order valence-electron chi connectivity index (χ4n) is 3.80. The standard InChI is InChI=1S/C23H26N4O4/c1-25(16-17-6-8-18(9-7-17)26-12-14-31-15-13-26)21(28)10-11-27-23(30)20-5-3-2-4-19(20)22(29)24-27/h2-9H,10-16H2,1H3,(H,24,29). The van der Waals surface area contributed by atoms with Crippen LogP contribution in [-0.4, -0.2) is 53.9 Å². The molecule has 8 heteroatoms. The van der Waals surface area contributed by atoms with Gasteiger partial charge in [0.05, 0.1) is 30.5 Å². The molecule has 1 amide bonds. The minimum absolute atomic E-state index is 0.0989. The van der Waals surface area contributed by atoms with Crippen molar-refractivity contribution in [2.45, 2.75) is 19.5 Å². The monoisotopic (exact) mass is 422 g/mol. The molecule has 3 aromatic rings. The molecule has 0 spiro atoms. The molecule has 0 aliphatic carbocycles. The van der Waals surface area contributed by atoms with E-state index in [4.69, 9.17) is 4.74 Å². The van der Waals surface area contributed by atoms with E-state index in [1.807, 2.05) is 12.1 Å². The number of hydrogen-bond donors (Lipinski definition) is 1. The summed E-state index contributed by atoms with van der Waals surface area (Å²) in [6.07, 6.45) is 0.122. The summed E-state index contributed by atoms with van der Waals surface area (Å²) in [5.41, 5.74) is 1.55. The van der Waals surface area contributed by atoms with Crippen LogP contribution in [0, 0.1) is 0 Å². The van der Waals surface area contributed by atoms with Gasteiger partial charge in [-0.2, -0.15) is 0 Å². The number of nitrogens with zero attached hydrogens (tertiary/aromatic N) is 3. The molecular weight excluding hydrogens is 396 g/mol. The zero-order chi connectivity index (χ0) is 21.8. The Hall–Kier alpha value is -3.39. The van der Waals surface area contributed by atoms with E-state index < -0.39 is 0 Å². The lowest BCUT2D eigenvalue weighted by atomic mass is 10.1. The fraction of sp³-hybridized carbons (Fsp3) is 0.348. The van der Waals surface area contributed by atoms with Crippen LogP contribution in [0.3, 0.4) is 0 Å². The van der Waals surface area contributed by atoms with Crippen molar-refractivity contribution in [2.24, 2.45) is 0 Å². The molecule has 0 unspecified atom stereocenters. The van der Waals surface area contributed by atoms with Crippen LogP contribution in [-0.2, 0) is 22.6 Å². The maximum Gasteiger partial charge on any atom is 0.273 e. The van der Waals surface area contributed by atoms with E-state index in [0.717, 1.165) is 37.6 Å². The van der Waals surface area contributed by atoms with E-state index in [0.29, 0.717) is 17.3 Å². The molecule has 0 radical (unpaired) electrons. The van der Waals surface area contributed by atoms with Gasteiger partial charge in [0.25, 0.3) is 11.1 Å². The van der Waals surface area contributed by atoms with E-state index in [9.17, 15) is 14.4 Å². The molecule has 4 rings (SSSR count). The second kappa shape index (κ2) is 9.18. The second-order valence-corrected chi connectivity index (χ2v) is 7.71. The number of H-pyrrole nitrogens is 1. The number of aromatic amines is 1. The maximum atomic E-state index is 12.6. The van der Waals surface area contributed by atoms with Crippen molar-refractivity contribution >= 4 is 22.4 Å². The third-order valence-electron chi connectivity index (χ3n) is 5.59. The van der Waals surface area contributed by atoms with Crippen LogP contribution in [0.15, 0.2) is 58.1 Å². The number of morpholine rings is 1. The smallest absolute Gasteiger partial charge is 0.273 e. The number of aryl methyl sites for hydroxylation is 1. The molecule has 8 nitrogen and oxygen atoms in total. The second-order valence-electron chi connectivity index (χ2n) is 7.71. The molecule has 31 heavy (non-hydrogen) atoms. The topological polar surface area (TPSA) is 87.6 Å². The number of nitrogens with one attached hydrogen (secondary N) is 1. The summed E-state index contributed by atoms with van der Waals surface area (Å²) in [6, 6.07) is 14.9. The van der Waals surface area contributed by atoms with Crippen molar-refractivity contribution in [1.29, 1.82) is 0 Å². The highest BCUT2D eigenvalue weighted by Crippen LogP contribution is 2.17. The number of anilines is 1. The van der Waals surface area contributed by atoms with Crippen LogP contribution >= 0.6 is 0 Å². The van der Waals surface area contributed by atoms with Crippen molar-refractivity contribution in [3.63, 3.8) is 0 Å². The molecule has 2 heterocycles. The third kappa shape index (κ3) is 4.69. The molecule has 1 aliphatic rings. The number of fused-ring (bicyclic) bond motifs is 1. The molecule has 1 saturated heterocycles. The number of benzene rings is 2. The normalized spacial score (nSPS) is 14.0. The number of hydrogen-bond acceptors (Lipinski definition) is 5. The molecule has 162 valence electrons. The third-order valence-corrected chi connectivity index (χ3v) is 5.59. The molecular formula is C23H26N4O4. The maximum absolute atomic E-state index is 12.6. The van der Waals surface area contributed by atoms with Crippen molar-refractivity contribution in [1.82, 2.24) is 14.7 Å². The van der Waals surface area contributed by atoms with Crippen LogP contribution in [0.4, 0.5) is 5.69 Å². The summed E-state index contributed by atoms with van der Waals surface area (Å²) in [5, 5.41) is 3.27. The Labute approximate surface area is 179 Å². The van der Waals surface area contributed by atoms with E-state index in [1.165, 1.54) is 4.68 Å². The zero-order valence-corrected chi connectivity index (χ0v) is 17.5. The quantitative estimate of drug-likeness (QED) is 0.652. The number of carbonyl (C=O) groups is 1. The Morgan fingerprint density at radius 1 is 1.03 bits per heavy atom. The lowest BCUT2D eigenvalue weighted by Crippen LogP contribution is -2.36. The Balaban J connectivity index is 1.37. The first-order valence-corrected chi connectivity index (χ1v) is 10.4. The van der Waals surface area contributed by atoms with Gasteiger partial charge < -0.3 is 14.5 Å². The predicted octanol–water partition coefficient (Wildman–Crippen LogP) is 1.58. The van der Waals surface area contributed by atoms with Crippen LogP contribution in [0.5, 0.6) is 0 Å². The molecule has 1 aliphatic heterocycles. The summed E-state index contributed by atoms with van der Waals surface area (Å²) >= 11 is 0. The summed E-state index contributed by atoms with van der Waals surface area (Å²) in [5.74, 6) is -0.0989. The lowest BCUT2D eigenvalue weighted by Gasteiger charge is -2.29. The molecule has 2 aromatic carbocycles. The van der Waals surface area contributed by atoms with Gasteiger partial charge >= 0.3 is 0 Å². The van der Waals surface area contributed by atoms with Gasteiger partial charge in [0.1, 0.15) is 0 Å². The van der Waals surface area contributed by atoms with Gasteiger partial charge in [0.15, 0.2) is 0 Å². The van der Waals surface area contributed by atoms with Gasteiger partial charge in [-0.05, 0) is 29.8 Å². The number of ether oxygens (including phenoxy) is 1. The van der Waals surface area contributed by atoms with E-state index in [2.05, 4.69) is 22.1 Å². The Morgan fingerprint density at radius 3 is 2.42 bits per heavy atom. The van der Waals surface area contributed by atoms with Gasteiger partial charge in [-0.15, -0.1) is 0 Å². The molecule has 1 N–H and O–H groups in total. The van der Waals surface area contributed by atoms with Crippen LogP contribution < -0.4 is 16.0 Å². The Morgan fingerprint density at radius 2 is 1.71 bits per heavy atom. The Kier molecular flexibility index (Phi) is 6.18. The molecule has 0 saturated carbocycles. The van der Waals surface area contributed by atoms with Crippen LogP contribution in [0.25, 0.3) is 10.8 Å². The van der Waals surface area contributed by atoms with Gasteiger partial charge in [-0.25, -0.2) is 4.68 Å². The molecule has 0 atom stereocenters. The number of aromatic nitrogens is 2. The largest absolute Gasteiger partial charge is 0.378 e. The number of carbonyl (C=O) groups excluding carboxylic acids is 1. The van der Waals surface area contributed by atoms with Crippen molar-refractivity contribution in [3.8, 4) is 0 Å². The molecule has 1 aromatic heterocycles. The van der Waals surface area contributed by atoms with Gasteiger partial charge in [0, 0.05) is 38.8 Å². The summed E-state index contributed by atoms with van der Waals surface area (Å²) < 4.78 is 6.60. The fourth-order valence-corrected chi connectivity index (χ4v) is 3.80. The number of rotatable bonds is 6. The first-order chi connectivity index (χ1) is 15.0. The van der Waals surface area contributed by atoms with E-state index in [1.54, 1.807) is 36.2 Å². The Bertz CT molecular complexity index is 1180. The lowest BCUT2D eigenvalue weighted by molar-refractivity contribution is -0.130. The van der Waals surface area contributed by atoms with E-state index in [-0.39, 0.29) is 30.0 Å². The predicted molar refractivity (Wildman–Crippen MR) is 119 cm³/mol. The molecule has 0 bridgehead atoms. The van der Waals surface area contributed by atoms with Crippen LogP contribution in [0.2, 0.25) is 0 Å². The minimum Gasteiger partial charge on any atom is -0.378 e. The SMILES string of the molecule is CN(Cc1ccc(N2CCOCC2)cc1)C(=O)CCn1[nH]c(=O)c2ccccc2c1=O. The summed E-state index contributed by atoms with van der Waals surface area (Å²) in [7, 11) is 1.74. The molecule has 1 fully saturated rings. The average Bonchev–Trinajstić information content (AvgIpc) is 2.81.